The molecule has 1 N–H and O–H groups in total. The van der Waals surface area contributed by atoms with E-state index in [4.69, 9.17) is 5.11 Å². The lowest BCUT2D eigenvalue weighted by molar-refractivity contribution is -0.383. The fourth-order valence-electron chi connectivity index (χ4n) is 1.85. The summed E-state index contributed by atoms with van der Waals surface area (Å²) in [7, 11) is 0. The van der Waals surface area contributed by atoms with Crippen LogP contribution in [-0.4, -0.2) is 26.3 Å². The third-order valence-electron chi connectivity index (χ3n) is 2.76. The van der Waals surface area contributed by atoms with E-state index in [1.165, 1.54) is 6.07 Å². The number of carbonyl (C=O) groups is 1. The Balaban J connectivity index is 2.16. The molecule has 0 amide bonds. The Morgan fingerprint density at radius 2 is 2.05 bits per heavy atom. The number of hydrogen-bond acceptors (Lipinski definition) is 6. The zero-order valence-electron chi connectivity index (χ0n) is 9.90. The van der Waals surface area contributed by atoms with Crippen molar-refractivity contribution in [2.24, 2.45) is 0 Å². The van der Waals surface area contributed by atoms with E-state index in [1.807, 2.05) is 0 Å². The summed E-state index contributed by atoms with van der Waals surface area (Å²) in [6.07, 6.45) is 1.88. The molecular formula is C11H11N3O5. The molecule has 0 unspecified atom stereocenters. The van der Waals surface area contributed by atoms with Crippen LogP contribution in [0.4, 0.5) is 5.69 Å². The van der Waals surface area contributed by atoms with E-state index in [9.17, 15) is 14.9 Å². The number of carboxylic acid groups (broad SMARTS) is 1. The number of nitro benzene ring substituents is 1. The number of nitrogens with zero attached hydrogens (tertiary/aromatic N) is 3. The van der Waals surface area contributed by atoms with Crippen LogP contribution >= 0.6 is 0 Å². The summed E-state index contributed by atoms with van der Waals surface area (Å²) < 4.78 is 4.54. The fourth-order valence-corrected chi connectivity index (χ4v) is 1.85. The highest BCUT2D eigenvalue weighted by Gasteiger charge is 2.19. The van der Waals surface area contributed by atoms with Crippen molar-refractivity contribution in [2.45, 2.75) is 25.7 Å². The molecule has 0 aliphatic heterocycles. The molecule has 2 rings (SSSR count). The maximum absolute atomic E-state index is 10.8. The summed E-state index contributed by atoms with van der Waals surface area (Å²) in [5, 5.41) is 26.5. The lowest BCUT2D eigenvalue weighted by Crippen LogP contribution is -1.96. The van der Waals surface area contributed by atoms with Gasteiger partial charge in [0, 0.05) is 12.5 Å². The highest BCUT2D eigenvalue weighted by atomic mass is 16.6. The lowest BCUT2D eigenvalue weighted by Gasteiger charge is -2.00. The third-order valence-corrected chi connectivity index (χ3v) is 2.76. The largest absolute Gasteiger partial charge is 0.481 e. The first kappa shape index (κ1) is 12.9. The van der Waals surface area contributed by atoms with E-state index < -0.39 is 10.9 Å². The van der Waals surface area contributed by atoms with Gasteiger partial charge in [-0.1, -0.05) is 0 Å². The van der Waals surface area contributed by atoms with Crippen molar-refractivity contribution in [3.63, 3.8) is 0 Å². The van der Waals surface area contributed by atoms with Crippen LogP contribution in [0.15, 0.2) is 16.8 Å². The second-order valence-electron chi connectivity index (χ2n) is 4.06. The van der Waals surface area contributed by atoms with Crippen LogP contribution in [0.1, 0.15) is 24.8 Å². The third kappa shape index (κ3) is 2.84. The van der Waals surface area contributed by atoms with Gasteiger partial charge in [0.2, 0.25) is 5.52 Å². The van der Waals surface area contributed by atoms with Gasteiger partial charge in [-0.3, -0.25) is 14.9 Å². The van der Waals surface area contributed by atoms with Crippen molar-refractivity contribution < 1.29 is 19.5 Å². The minimum absolute atomic E-state index is 0.104. The minimum atomic E-state index is -0.836. The summed E-state index contributed by atoms with van der Waals surface area (Å²) in [6.45, 7) is 0. The Labute approximate surface area is 107 Å². The first-order valence-electron chi connectivity index (χ1n) is 5.70. The number of hydrogen-bond donors (Lipinski definition) is 1. The van der Waals surface area contributed by atoms with Gasteiger partial charge < -0.3 is 5.11 Å². The number of aromatic nitrogens is 2. The number of aliphatic carboxylic acids is 1. The molecule has 0 aliphatic rings. The standard InChI is InChI=1S/C11H11N3O5/c15-9(16)4-2-1-3-7-5-6-8(14(17)18)11-10(7)12-19-13-11/h5-6H,1-4H2,(H,15,16). The second-order valence-corrected chi connectivity index (χ2v) is 4.06. The Bertz CT molecular complexity index is 622. The molecule has 0 aliphatic carbocycles. The van der Waals surface area contributed by atoms with Gasteiger partial charge in [-0.25, -0.2) is 4.63 Å². The molecule has 1 aromatic heterocycles. The number of nitro groups is 1. The van der Waals surface area contributed by atoms with Crippen molar-refractivity contribution >= 4 is 22.7 Å². The quantitative estimate of drug-likeness (QED) is 0.481. The predicted octanol–water partition coefficient (Wildman–Crippen LogP) is 1.93. The number of fused-ring (bicyclic) bond motifs is 1. The van der Waals surface area contributed by atoms with E-state index in [1.54, 1.807) is 6.07 Å². The van der Waals surface area contributed by atoms with Crippen molar-refractivity contribution in [1.82, 2.24) is 10.3 Å². The van der Waals surface area contributed by atoms with Gasteiger partial charge in [0.15, 0.2) is 0 Å². The molecule has 0 saturated heterocycles. The van der Waals surface area contributed by atoms with Crippen molar-refractivity contribution in [1.29, 1.82) is 0 Å². The predicted molar refractivity (Wildman–Crippen MR) is 63.6 cm³/mol. The van der Waals surface area contributed by atoms with Crippen LogP contribution in [0, 0.1) is 10.1 Å². The van der Waals surface area contributed by atoms with Crippen molar-refractivity contribution in [3.05, 3.63) is 27.8 Å². The second kappa shape index (κ2) is 5.42. The van der Waals surface area contributed by atoms with Crippen molar-refractivity contribution in [2.75, 3.05) is 0 Å². The minimum Gasteiger partial charge on any atom is -0.481 e. The molecule has 2 aromatic rings. The van der Waals surface area contributed by atoms with Gasteiger partial charge in [-0.15, -0.1) is 0 Å². The summed E-state index contributed by atoms with van der Waals surface area (Å²) in [4.78, 5) is 20.6. The lowest BCUT2D eigenvalue weighted by atomic mass is 10.0. The smallest absolute Gasteiger partial charge is 0.303 e. The van der Waals surface area contributed by atoms with Crippen LogP contribution in [-0.2, 0) is 11.2 Å². The average molecular weight is 265 g/mol. The zero-order chi connectivity index (χ0) is 13.8. The normalized spacial score (nSPS) is 10.7. The molecule has 0 spiro atoms. The Kier molecular flexibility index (Phi) is 3.69. The van der Waals surface area contributed by atoms with Crippen molar-refractivity contribution in [3.8, 4) is 0 Å². The van der Waals surface area contributed by atoms with Crippen LogP contribution in [0.25, 0.3) is 11.0 Å². The molecular weight excluding hydrogens is 254 g/mol. The Hall–Kier alpha value is -2.51. The maximum atomic E-state index is 10.8. The van der Waals surface area contributed by atoms with Crippen LogP contribution in [0.3, 0.4) is 0 Å². The first-order valence-corrected chi connectivity index (χ1v) is 5.70. The fraction of sp³-hybridized carbons (Fsp3) is 0.364. The molecule has 8 nitrogen and oxygen atoms in total. The molecule has 1 aromatic carbocycles. The van der Waals surface area contributed by atoms with Gasteiger partial charge in [0.05, 0.1) is 4.92 Å². The highest BCUT2D eigenvalue weighted by Crippen LogP contribution is 2.26. The number of aryl methyl sites for hydroxylation is 1. The summed E-state index contributed by atoms with van der Waals surface area (Å²) >= 11 is 0. The van der Waals surface area contributed by atoms with E-state index in [0.29, 0.717) is 24.8 Å². The van der Waals surface area contributed by atoms with Gasteiger partial charge >= 0.3 is 11.7 Å². The molecule has 19 heavy (non-hydrogen) atoms. The molecule has 100 valence electrons. The molecule has 0 saturated carbocycles. The number of non-ortho nitro benzene ring substituents is 1. The first-order chi connectivity index (χ1) is 9.09. The number of carboxylic acids is 1. The molecule has 0 bridgehead atoms. The highest BCUT2D eigenvalue weighted by molar-refractivity contribution is 5.85. The molecule has 8 heteroatoms. The number of unbranched alkanes of at least 4 members (excludes halogenated alkanes) is 1. The Morgan fingerprint density at radius 1 is 1.32 bits per heavy atom. The Morgan fingerprint density at radius 3 is 2.74 bits per heavy atom. The van der Waals surface area contributed by atoms with Crippen LogP contribution < -0.4 is 0 Å². The summed E-state index contributed by atoms with van der Waals surface area (Å²) in [5.74, 6) is -0.836. The van der Waals surface area contributed by atoms with E-state index in [0.717, 1.165) is 5.56 Å². The summed E-state index contributed by atoms with van der Waals surface area (Å²) in [5.41, 5.74) is 1.11. The molecule has 0 fully saturated rings. The topological polar surface area (TPSA) is 119 Å². The molecule has 0 radical (unpaired) electrons. The van der Waals surface area contributed by atoms with E-state index >= 15 is 0 Å². The van der Waals surface area contributed by atoms with E-state index in [-0.39, 0.29) is 17.6 Å². The monoisotopic (exact) mass is 265 g/mol. The SMILES string of the molecule is O=C(O)CCCCc1ccc([N+](=O)[O-])c2nonc12. The number of rotatable bonds is 6. The van der Waals surface area contributed by atoms with Gasteiger partial charge in [0.25, 0.3) is 0 Å². The van der Waals surface area contributed by atoms with Gasteiger partial charge in [-0.05, 0) is 41.2 Å². The number of benzene rings is 1. The average Bonchev–Trinajstić information content (AvgIpc) is 2.83. The molecule has 0 atom stereocenters. The molecule has 1 heterocycles. The van der Waals surface area contributed by atoms with E-state index in [2.05, 4.69) is 14.9 Å². The van der Waals surface area contributed by atoms with Gasteiger partial charge in [-0.2, -0.15) is 0 Å². The van der Waals surface area contributed by atoms with Gasteiger partial charge in [0.1, 0.15) is 5.52 Å². The van der Waals surface area contributed by atoms with Crippen LogP contribution in [0.2, 0.25) is 0 Å². The maximum Gasteiger partial charge on any atom is 0.303 e. The van der Waals surface area contributed by atoms with Crippen LogP contribution in [0.5, 0.6) is 0 Å². The zero-order valence-corrected chi connectivity index (χ0v) is 9.90. The summed E-state index contributed by atoms with van der Waals surface area (Å²) in [6, 6.07) is 2.96.